The van der Waals surface area contributed by atoms with E-state index in [2.05, 4.69) is 20.6 Å². The highest BCUT2D eigenvalue weighted by Crippen LogP contribution is 2.34. The number of halogens is 3. The Morgan fingerprint density at radius 3 is 2.56 bits per heavy atom. The Bertz CT molecular complexity index is 758. The molecule has 0 saturated heterocycles. The van der Waals surface area contributed by atoms with Crippen LogP contribution in [0.5, 0.6) is 0 Å². The Morgan fingerprint density at radius 2 is 1.84 bits per heavy atom. The number of nitrogens with zero attached hydrogens (tertiary/aromatic N) is 2. The summed E-state index contributed by atoms with van der Waals surface area (Å²) in [6, 6.07) is 6.58. The summed E-state index contributed by atoms with van der Waals surface area (Å²) in [6.07, 6.45) is 1.02. The van der Waals surface area contributed by atoms with E-state index in [0.29, 0.717) is 11.9 Å². The van der Waals surface area contributed by atoms with Gasteiger partial charge in [-0.2, -0.15) is 13.2 Å². The zero-order chi connectivity index (χ0) is 17.9. The van der Waals surface area contributed by atoms with E-state index >= 15 is 0 Å². The van der Waals surface area contributed by atoms with Crippen molar-refractivity contribution in [3.05, 3.63) is 47.9 Å². The Hall–Kier alpha value is -2.64. The minimum Gasteiger partial charge on any atom is -0.367 e. The Balaban J connectivity index is 1.76. The number of anilines is 2. The number of rotatable bonds is 4. The van der Waals surface area contributed by atoms with Crippen molar-refractivity contribution >= 4 is 17.4 Å². The van der Waals surface area contributed by atoms with Crippen LogP contribution < -0.4 is 10.6 Å². The molecule has 0 unspecified atom stereocenters. The van der Waals surface area contributed by atoms with Crippen molar-refractivity contribution < 1.29 is 18.0 Å². The van der Waals surface area contributed by atoms with Crippen molar-refractivity contribution in [2.75, 3.05) is 10.6 Å². The maximum atomic E-state index is 13.0. The van der Waals surface area contributed by atoms with Crippen LogP contribution in [0.3, 0.4) is 0 Å². The molecule has 2 N–H and O–H groups in total. The second kappa shape index (κ2) is 7.08. The highest BCUT2D eigenvalue weighted by molar-refractivity contribution is 6.03. The van der Waals surface area contributed by atoms with Crippen LogP contribution in [0.25, 0.3) is 0 Å². The first-order valence-corrected chi connectivity index (χ1v) is 7.99. The number of hydrogen-bond acceptors (Lipinski definition) is 4. The van der Waals surface area contributed by atoms with Crippen molar-refractivity contribution in [3.63, 3.8) is 0 Å². The van der Waals surface area contributed by atoms with Gasteiger partial charge in [-0.3, -0.25) is 4.79 Å². The van der Waals surface area contributed by atoms with Crippen LogP contribution >= 0.6 is 0 Å². The predicted molar refractivity (Wildman–Crippen MR) is 87.3 cm³/mol. The van der Waals surface area contributed by atoms with Crippen LogP contribution in [0, 0.1) is 0 Å². The van der Waals surface area contributed by atoms with Gasteiger partial charge in [-0.1, -0.05) is 25.0 Å². The monoisotopic (exact) mass is 350 g/mol. The average Bonchev–Trinajstić information content (AvgIpc) is 3.07. The van der Waals surface area contributed by atoms with E-state index in [0.717, 1.165) is 31.7 Å². The topological polar surface area (TPSA) is 66.9 Å². The van der Waals surface area contributed by atoms with Crippen LogP contribution in [-0.2, 0) is 6.18 Å². The number of benzene rings is 1. The van der Waals surface area contributed by atoms with E-state index in [1.54, 1.807) is 0 Å². The average molecular weight is 350 g/mol. The molecule has 3 rings (SSSR count). The molecular formula is C17H17F3N4O. The summed E-state index contributed by atoms with van der Waals surface area (Å²) in [5, 5.41) is 5.50. The summed E-state index contributed by atoms with van der Waals surface area (Å²) in [7, 11) is 0. The number of nitrogens with one attached hydrogen (secondary N) is 2. The van der Waals surface area contributed by atoms with Gasteiger partial charge in [0.05, 0.1) is 11.3 Å². The van der Waals surface area contributed by atoms with Gasteiger partial charge in [0.15, 0.2) is 0 Å². The fraction of sp³-hybridized carbons (Fsp3) is 0.353. The third-order valence-electron chi connectivity index (χ3n) is 4.09. The van der Waals surface area contributed by atoms with Gasteiger partial charge in [0.2, 0.25) is 0 Å². The van der Waals surface area contributed by atoms with E-state index < -0.39 is 17.6 Å². The summed E-state index contributed by atoms with van der Waals surface area (Å²) in [5.41, 5.74) is -1.20. The zero-order valence-corrected chi connectivity index (χ0v) is 13.3. The van der Waals surface area contributed by atoms with E-state index in [1.807, 2.05) is 0 Å². The van der Waals surface area contributed by atoms with Gasteiger partial charge in [0.25, 0.3) is 5.91 Å². The van der Waals surface area contributed by atoms with Crippen molar-refractivity contribution in [1.82, 2.24) is 9.97 Å². The van der Waals surface area contributed by atoms with E-state index in [-0.39, 0.29) is 11.4 Å². The number of amides is 1. The number of aromatic nitrogens is 2. The molecular weight excluding hydrogens is 333 g/mol. The van der Waals surface area contributed by atoms with Crippen LogP contribution in [-0.4, -0.2) is 21.9 Å². The number of alkyl halides is 3. The number of para-hydroxylation sites is 1. The van der Waals surface area contributed by atoms with Gasteiger partial charge < -0.3 is 10.6 Å². The quantitative estimate of drug-likeness (QED) is 0.871. The minimum absolute atomic E-state index is 0.00692. The van der Waals surface area contributed by atoms with Crippen molar-refractivity contribution in [2.45, 2.75) is 37.9 Å². The third kappa shape index (κ3) is 4.26. The molecule has 2 aromatic rings. The molecule has 1 amide bonds. The summed E-state index contributed by atoms with van der Waals surface area (Å²) in [4.78, 5) is 20.2. The summed E-state index contributed by atoms with van der Waals surface area (Å²) >= 11 is 0. The Labute approximate surface area is 142 Å². The first-order chi connectivity index (χ1) is 11.9. The molecule has 1 aromatic heterocycles. The van der Waals surface area contributed by atoms with Crippen LogP contribution in [0.15, 0.2) is 36.7 Å². The van der Waals surface area contributed by atoms with Gasteiger partial charge in [0, 0.05) is 12.1 Å². The first-order valence-electron chi connectivity index (χ1n) is 7.99. The molecule has 0 radical (unpaired) electrons. The highest BCUT2D eigenvalue weighted by Gasteiger charge is 2.33. The van der Waals surface area contributed by atoms with Crippen LogP contribution in [0.4, 0.5) is 24.7 Å². The first kappa shape index (κ1) is 17.2. The molecule has 1 fully saturated rings. The lowest BCUT2D eigenvalue weighted by atomic mass is 10.1. The van der Waals surface area contributed by atoms with Crippen LogP contribution in [0.1, 0.15) is 41.7 Å². The highest BCUT2D eigenvalue weighted by atomic mass is 19.4. The molecule has 5 nitrogen and oxygen atoms in total. The molecule has 8 heteroatoms. The lowest BCUT2D eigenvalue weighted by Gasteiger charge is -2.14. The molecule has 0 aliphatic heterocycles. The minimum atomic E-state index is -4.55. The fourth-order valence-electron chi connectivity index (χ4n) is 2.87. The number of carbonyl (C=O) groups is 1. The second-order valence-electron chi connectivity index (χ2n) is 5.91. The Kier molecular flexibility index (Phi) is 4.87. The second-order valence-corrected chi connectivity index (χ2v) is 5.91. The Morgan fingerprint density at radius 1 is 1.12 bits per heavy atom. The maximum Gasteiger partial charge on any atom is 0.418 e. The number of carbonyl (C=O) groups excluding carboxylic acids is 1. The lowest BCUT2D eigenvalue weighted by molar-refractivity contribution is -0.136. The summed E-state index contributed by atoms with van der Waals surface area (Å²) < 4.78 is 39.0. The van der Waals surface area contributed by atoms with E-state index in [1.165, 1.54) is 30.6 Å². The largest absolute Gasteiger partial charge is 0.418 e. The summed E-state index contributed by atoms with van der Waals surface area (Å²) in [6.45, 7) is 0. The lowest BCUT2D eigenvalue weighted by Crippen LogP contribution is -2.19. The normalized spacial score (nSPS) is 15.2. The molecule has 0 bridgehead atoms. The van der Waals surface area contributed by atoms with Crippen LogP contribution in [0.2, 0.25) is 0 Å². The molecule has 1 saturated carbocycles. The standard InChI is InChI=1S/C17H17F3N4O/c18-17(19,20)12-7-3-4-8-13(12)24-16(25)14-9-15(22-10-21-14)23-11-5-1-2-6-11/h3-4,7-11H,1-2,5-6H2,(H,24,25)(H,21,22,23). The zero-order valence-electron chi connectivity index (χ0n) is 13.3. The van der Waals surface area contributed by atoms with Crippen molar-refractivity contribution in [1.29, 1.82) is 0 Å². The van der Waals surface area contributed by atoms with Crippen molar-refractivity contribution in [3.8, 4) is 0 Å². The molecule has 1 aromatic carbocycles. The van der Waals surface area contributed by atoms with Gasteiger partial charge in [-0.15, -0.1) is 0 Å². The molecule has 25 heavy (non-hydrogen) atoms. The summed E-state index contributed by atoms with van der Waals surface area (Å²) in [5.74, 6) is -0.218. The molecule has 132 valence electrons. The predicted octanol–water partition coefficient (Wildman–Crippen LogP) is 4.10. The smallest absolute Gasteiger partial charge is 0.367 e. The van der Waals surface area contributed by atoms with Crippen molar-refractivity contribution in [2.24, 2.45) is 0 Å². The van der Waals surface area contributed by atoms with E-state index in [4.69, 9.17) is 0 Å². The SMILES string of the molecule is O=C(Nc1ccccc1C(F)(F)F)c1cc(NC2CCCC2)ncn1. The van der Waals surface area contributed by atoms with Gasteiger partial charge >= 0.3 is 6.18 Å². The number of hydrogen-bond donors (Lipinski definition) is 2. The van der Waals surface area contributed by atoms with Gasteiger partial charge in [-0.05, 0) is 25.0 Å². The molecule has 1 heterocycles. The molecule has 1 aliphatic carbocycles. The molecule has 0 atom stereocenters. The van der Waals surface area contributed by atoms with Gasteiger partial charge in [-0.25, -0.2) is 9.97 Å². The maximum absolute atomic E-state index is 13.0. The third-order valence-corrected chi connectivity index (χ3v) is 4.09. The fourth-order valence-corrected chi connectivity index (χ4v) is 2.87. The van der Waals surface area contributed by atoms with E-state index in [9.17, 15) is 18.0 Å². The molecule has 1 aliphatic rings. The molecule has 0 spiro atoms. The van der Waals surface area contributed by atoms with Gasteiger partial charge in [0.1, 0.15) is 17.8 Å².